The van der Waals surface area contributed by atoms with Gasteiger partial charge in [0.15, 0.2) is 0 Å². The molecule has 1 aromatic carbocycles. The Morgan fingerprint density at radius 2 is 1.68 bits per heavy atom. The Morgan fingerprint density at radius 1 is 1.16 bits per heavy atom. The number of nitrogens with one attached hydrogen (secondary N) is 1. The molecule has 1 rings (SSSR count). The van der Waals surface area contributed by atoms with Gasteiger partial charge in [0.25, 0.3) is 0 Å². The minimum absolute atomic E-state index is 0.0671. The highest BCUT2D eigenvalue weighted by Gasteiger charge is 2.05. The van der Waals surface area contributed by atoms with E-state index in [2.05, 4.69) is 5.32 Å². The number of carboxylic acids is 1. The van der Waals surface area contributed by atoms with E-state index in [1.54, 1.807) is 26.4 Å². The van der Waals surface area contributed by atoms with E-state index >= 15 is 0 Å². The monoisotopic (exact) mass is 271 g/mol. The lowest BCUT2D eigenvalue weighted by Crippen LogP contribution is -2.23. The van der Waals surface area contributed by atoms with Gasteiger partial charge in [0.1, 0.15) is 11.3 Å². The Morgan fingerprint density at radius 3 is 2.05 bits per heavy atom. The van der Waals surface area contributed by atoms with Crippen LogP contribution in [-0.4, -0.2) is 56.7 Å². The quantitative estimate of drug-likeness (QED) is 0.640. The lowest BCUT2D eigenvalue weighted by atomic mass is 10.2. The second kappa shape index (κ2) is 11.5. The molecule has 0 saturated heterocycles. The van der Waals surface area contributed by atoms with E-state index in [0.29, 0.717) is 0 Å². The van der Waals surface area contributed by atoms with Gasteiger partial charge in [0, 0.05) is 27.3 Å². The smallest absolute Gasteiger partial charge is 0.339 e. The van der Waals surface area contributed by atoms with Crippen LogP contribution in [-0.2, 0) is 9.47 Å². The van der Waals surface area contributed by atoms with Gasteiger partial charge in [0.05, 0.1) is 13.2 Å². The second-order valence-corrected chi connectivity index (χ2v) is 3.56. The zero-order valence-electron chi connectivity index (χ0n) is 11.3. The molecule has 108 valence electrons. The molecule has 6 heteroatoms. The second-order valence-electron chi connectivity index (χ2n) is 3.56. The molecule has 0 atom stereocenters. The molecular weight excluding hydrogens is 250 g/mol. The van der Waals surface area contributed by atoms with Crippen molar-refractivity contribution in [2.24, 2.45) is 0 Å². The SMILES string of the molecule is COCCNCCOC.O=C(O)c1ccccc1O. The first-order valence-corrected chi connectivity index (χ1v) is 5.83. The summed E-state index contributed by atoms with van der Waals surface area (Å²) in [5, 5.41) is 20.4. The molecule has 0 heterocycles. The van der Waals surface area contributed by atoms with E-state index in [1.807, 2.05) is 0 Å². The summed E-state index contributed by atoms with van der Waals surface area (Å²) in [5.41, 5.74) is -0.0671. The van der Waals surface area contributed by atoms with Crippen molar-refractivity contribution in [3.63, 3.8) is 0 Å². The van der Waals surface area contributed by atoms with Crippen molar-refractivity contribution >= 4 is 5.97 Å². The van der Waals surface area contributed by atoms with Crippen LogP contribution in [0.4, 0.5) is 0 Å². The summed E-state index contributed by atoms with van der Waals surface area (Å²) in [6, 6.07) is 5.81. The number of para-hydroxylation sites is 1. The maximum Gasteiger partial charge on any atom is 0.339 e. The van der Waals surface area contributed by atoms with Crippen LogP contribution in [0.15, 0.2) is 24.3 Å². The van der Waals surface area contributed by atoms with Gasteiger partial charge in [-0.15, -0.1) is 0 Å². The number of aromatic carboxylic acids is 1. The summed E-state index contributed by atoms with van der Waals surface area (Å²) >= 11 is 0. The van der Waals surface area contributed by atoms with Gasteiger partial charge in [-0.2, -0.15) is 0 Å². The van der Waals surface area contributed by atoms with Crippen molar-refractivity contribution in [2.75, 3.05) is 40.5 Å². The molecule has 19 heavy (non-hydrogen) atoms. The molecule has 0 bridgehead atoms. The molecule has 0 amide bonds. The van der Waals surface area contributed by atoms with Gasteiger partial charge in [-0.25, -0.2) is 4.79 Å². The van der Waals surface area contributed by atoms with E-state index in [9.17, 15) is 4.79 Å². The Kier molecular flexibility index (Phi) is 10.5. The summed E-state index contributed by atoms with van der Waals surface area (Å²) in [6.45, 7) is 3.34. The third-order valence-corrected chi connectivity index (χ3v) is 2.10. The van der Waals surface area contributed by atoms with Gasteiger partial charge < -0.3 is 25.0 Å². The van der Waals surface area contributed by atoms with Crippen molar-refractivity contribution in [2.45, 2.75) is 0 Å². The number of carboxylic acid groups (broad SMARTS) is 1. The minimum atomic E-state index is -1.11. The number of ether oxygens (including phenoxy) is 2. The Labute approximate surface area is 113 Å². The molecule has 0 aliphatic rings. The molecule has 0 aromatic heterocycles. The summed E-state index contributed by atoms with van der Waals surface area (Å²) in [7, 11) is 3.38. The van der Waals surface area contributed by atoms with E-state index in [-0.39, 0.29) is 11.3 Å². The van der Waals surface area contributed by atoms with Crippen LogP contribution in [0.5, 0.6) is 5.75 Å². The number of benzene rings is 1. The molecule has 0 unspecified atom stereocenters. The van der Waals surface area contributed by atoms with E-state index in [0.717, 1.165) is 26.3 Å². The number of aromatic hydroxyl groups is 1. The van der Waals surface area contributed by atoms with Crippen LogP contribution in [0.1, 0.15) is 10.4 Å². The van der Waals surface area contributed by atoms with Crippen LogP contribution >= 0.6 is 0 Å². The normalized spacial score (nSPS) is 9.58. The Balaban J connectivity index is 0.000000344. The maximum atomic E-state index is 10.3. The number of carbonyl (C=O) groups is 1. The van der Waals surface area contributed by atoms with Crippen molar-refractivity contribution in [1.82, 2.24) is 5.32 Å². The summed E-state index contributed by atoms with van der Waals surface area (Å²) in [6.07, 6.45) is 0. The lowest BCUT2D eigenvalue weighted by Gasteiger charge is -2.01. The summed E-state index contributed by atoms with van der Waals surface area (Å²) in [5.74, 6) is -1.31. The zero-order valence-corrected chi connectivity index (χ0v) is 11.3. The van der Waals surface area contributed by atoms with Gasteiger partial charge in [-0.05, 0) is 12.1 Å². The molecule has 3 N–H and O–H groups in total. The van der Waals surface area contributed by atoms with Crippen LogP contribution in [0.25, 0.3) is 0 Å². The first-order chi connectivity index (χ1) is 9.13. The number of rotatable bonds is 7. The van der Waals surface area contributed by atoms with E-state index in [1.165, 1.54) is 12.1 Å². The predicted molar refractivity (Wildman–Crippen MR) is 71.7 cm³/mol. The fourth-order valence-electron chi connectivity index (χ4n) is 1.13. The number of phenols is 1. The van der Waals surface area contributed by atoms with Crippen LogP contribution in [0.3, 0.4) is 0 Å². The highest BCUT2D eigenvalue weighted by atomic mass is 16.5. The van der Waals surface area contributed by atoms with Gasteiger partial charge in [-0.3, -0.25) is 0 Å². The molecule has 0 radical (unpaired) electrons. The zero-order chi connectivity index (χ0) is 14.5. The van der Waals surface area contributed by atoms with Gasteiger partial charge in [-0.1, -0.05) is 12.1 Å². The van der Waals surface area contributed by atoms with Crippen LogP contribution < -0.4 is 5.32 Å². The Hall–Kier alpha value is -1.63. The number of hydrogen-bond donors (Lipinski definition) is 3. The van der Waals surface area contributed by atoms with Crippen molar-refractivity contribution in [3.05, 3.63) is 29.8 Å². The standard InChI is InChI=1S/C7H6O3.C6H15NO2/c8-6-4-2-1-3-5(6)7(9)10;1-8-5-3-7-4-6-9-2/h1-4,8H,(H,9,10);7H,3-6H2,1-2H3. The largest absolute Gasteiger partial charge is 0.507 e. The topological polar surface area (TPSA) is 88.0 Å². The first-order valence-electron chi connectivity index (χ1n) is 5.83. The van der Waals surface area contributed by atoms with Crippen LogP contribution in [0.2, 0.25) is 0 Å². The predicted octanol–water partition coefficient (Wildman–Crippen LogP) is 0.959. The summed E-state index contributed by atoms with van der Waals surface area (Å²) in [4.78, 5) is 10.3. The first kappa shape index (κ1) is 17.4. The lowest BCUT2D eigenvalue weighted by molar-refractivity contribution is 0.0693. The van der Waals surface area contributed by atoms with E-state index < -0.39 is 5.97 Å². The van der Waals surface area contributed by atoms with Crippen LogP contribution in [0, 0.1) is 0 Å². The summed E-state index contributed by atoms with van der Waals surface area (Å²) < 4.78 is 9.64. The molecule has 1 aromatic rings. The fraction of sp³-hybridized carbons (Fsp3) is 0.462. The maximum absolute atomic E-state index is 10.3. The molecule has 6 nitrogen and oxygen atoms in total. The molecule has 0 aliphatic heterocycles. The van der Waals surface area contributed by atoms with E-state index in [4.69, 9.17) is 19.7 Å². The fourth-order valence-corrected chi connectivity index (χ4v) is 1.13. The highest BCUT2D eigenvalue weighted by molar-refractivity contribution is 5.90. The number of hydrogen-bond acceptors (Lipinski definition) is 5. The average molecular weight is 271 g/mol. The third-order valence-electron chi connectivity index (χ3n) is 2.10. The third kappa shape index (κ3) is 9.01. The van der Waals surface area contributed by atoms with Gasteiger partial charge in [0.2, 0.25) is 0 Å². The van der Waals surface area contributed by atoms with Crippen molar-refractivity contribution in [3.8, 4) is 5.75 Å². The van der Waals surface area contributed by atoms with Gasteiger partial charge >= 0.3 is 5.97 Å². The molecule has 0 saturated carbocycles. The molecule has 0 spiro atoms. The average Bonchev–Trinajstić information content (AvgIpc) is 2.40. The minimum Gasteiger partial charge on any atom is -0.507 e. The van der Waals surface area contributed by atoms with Crippen molar-refractivity contribution < 1.29 is 24.5 Å². The number of methoxy groups -OCH3 is 2. The molecule has 0 aliphatic carbocycles. The van der Waals surface area contributed by atoms with Crippen molar-refractivity contribution in [1.29, 1.82) is 0 Å². The Bertz CT molecular complexity index is 351. The molecule has 0 fully saturated rings. The highest BCUT2D eigenvalue weighted by Crippen LogP contribution is 2.14. The molecular formula is C13H21NO5.